The molecule has 2 aromatic rings. The Kier molecular flexibility index (Phi) is 7.13. The summed E-state index contributed by atoms with van der Waals surface area (Å²) in [7, 11) is 4.10. The summed E-state index contributed by atoms with van der Waals surface area (Å²) < 4.78 is 5.63. The van der Waals surface area contributed by atoms with Gasteiger partial charge >= 0.3 is 0 Å². The second-order valence-corrected chi connectivity index (χ2v) is 8.17. The first-order chi connectivity index (χ1) is 14.8. The number of rotatable bonds is 8. The first-order valence-electron chi connectivity index (χ1n) is 10.7. The number of ether oxygens (including phenoxy) is 1. The first-order valence-corrected chi connectivity index (χ1v) is 10.7. The van der Waals surface area contributed by atoms with Gasteiger partial charge in [0.1, 0.15) is 11.5 Å². The molecular formula is C25H31N2O4+. The van der Waals surface area contributed by atoms with E-state index in [0.717, 1.165) is 24.1 Å². The lowest BCUT2D eigenvalue weighted by molar-refractivity contribution is -0.858. The number of quaternary nitrogens is 1. The van der Waals surface area contributed by atoms with E-state index in [2.05, 4.69) is 14.1 Å². The van der Waals surface area contributed by atoms with E-state index in [-0.39, 0.29) is 11.3 Å². The highest BCUT2D eigenvalue weighted by Gasteiger charge is 2.45. The lowest BCUT2D eigenvalue weighted by Gasteiger charge is -2.26. The molecule has 0 spiro atoms. The fraction of sp³-hybridized carbons (Fsp3) is 0.360. The molecule has 1 saturated heterocycles. The average molecular weight is 424 g/mol. The minimum Gasteiger partial charge on any atom is -0.507 e. The van der Waals surface area contributed by atoms with Crippen LogP contribution in [-0.2, 0) is 9.59 Å². The largest absolute Gasteiger partial charge is 0.507 e. The van der Waals surface area contributed by atoms with E-state index in [1.165, 1.54) is 4.90 Å². The zero-order chi connectivity index (χ0) is 22.5. The summed E-state index contributed by atoms with van der Waals surface area (Å²) in [5, 5.41) is 11.1. The van der Waals surface area contributed by atoms with Gasteiger partial charge in [-0.3, -0.25) is 9.59 Å². The molecule has 31 heavy (non-hydrogen) atoms. The summed E-state index contributed by atoms with van der Waals surface area (Å²) in [6, 6.07) is 14.0. The molecule has 1 heterocycles. The van der Waals surface area contributed by atoms with Crippen molar-refractivity contribution in [1.82, 2.24) is 4.90 Å². The van der Waals surface area contributed by atoms with Gasteiger partial charge in [0.15, 0.2) is 0 Å². The van der Waals surface area contributed by atoms with Crippen molar-refractivity contribution in [1.29, 1.82) is 0 Å². The Bertz CT molecular complexity index is 979. The molecule has 0 saturated carbocycles. The van der Waals surface area contributed by atoms with E-state index in [0.29, 0.717) is 24.5 Å². The maximum absolute atomic E-state index is 13.0. The van der Waals surface area contributed by atoms with E-state index in [4.69, 9.17) is 4.74 Å². The Morgan fingerprint density at radius 3 is 2.48 bits per heavy atom. The van der Waals surface area contributed by atoms with Gasteiger partial charge in [-0.2, -0.15) is 0 Å². The SMILES string of the molecule is CCOc1cccc([C@@H]2C(=C(O)c3ccc(C)cc3)C(=O)C(=O)N2CCC[NH+](C)C)c1. The number of hydrogen-bond donors (Lipinski definition) is 2. The number of hydrogen-bond acceptors (Lipinski definition) is 4. The van der Waals surface area contributed by atoms with Crippen LogP contribution in [-0.4, -0.2) is 55.5 Å². The van der Waals surface area contributed by atoms with Crippen molar-refractivity contribution in [2.75, 3.05) is 33.8 Å². The standard InChI is InChI=1S/C25H30N2O4/c1-5-31-20-9-6-8-19(16-20)22-21(23(28)18-12-10-17(2)11-13-18)24(29)25(30)27(22)15-7-14-26(3)4/h6,8-13,16,22,28H,5,7,14-15H2,1-4H3/p+1/t22-/m1/s1. The van der Waals surface area contributed by atoms with Crippen LogP contribution in [0, 0.1) is 6.92 Å². The van der Waals surface area contributed by atoms with Gasteiger partial charge in [0.25, 0.3) is 11.7 Å². The molecule has 0 radical (unpaired) electrons. The Labute approximate surface area is 183 Å². The molecule has 2 aromatic carbocycles. The van der Waals surface area contributed by atoms with Crippen LogP contribution in [0.15, 0.2) is 54.1 Å². The van der Waals surface area contributed by atoms with Crippen molar-refractivity contribution >= 4 is 17.4 Å². The van der Waals surface area contributed by atoms with Crippen LogP contribution in [0.2, 0.25) is 0 Å². The number of benzene rings is 2. The van der Waals surface area contributed by atoms with Crippen LogP contribution >= 0.6 is 0 Å². The second-order valence-electron chi connectivity index (χ2n) is 8.17. The number of nitrogens with zero attached hydrogens (tertiary/aromatic N) is 1. The molecule has 2 N–H and O–H groups in total. The van der Waals surface area contributed by atoms with Crippen LogP contribution in [0.1, 0.15) is 36.1 Å². The third kappa shape index (κ3) is 4.97. The zero-order valence-electron chi connectivity index (χ0n) is 18.6. The van der Waals surface area contributed by atoms with Crippen molar-refractivity contribution in [3.63, 3.8) is 0 Å². The van der Waals surface area contributed by atoms with Crippen molar-refractivity contribution in [2.45, 2.75) is 26.3 Å². The Balaban J connectivity index is 2.09. The molecule has 1 fully saturated rings. The molecule has 6 nitrogen and oxygen atoms in total. The van der Waals surface area contributed by atoms with Crippen LogP contribution < -0.4 is 9.64 Å². The summed E-state index contributed by atoms with van der Waals surface area (Å²) in [4.78, 5) is 28.9. The Hall–Kier alpha value is -3.12. The zero-order valence-corrected chi connectivity index (χ0v) is 18.6. The molecule has 1 amide bonds. The number of carbonyl (C=O) groups is 2. The van der Waals surface area contributed by atoms with Crippen molar-refractivity contribution in [3.05, 3.63) is 70.8 Å². The first kappa shape index (κ1) is 22.6. The molecule has 1 atom stereocenters. The summed E-state index contributed by atoms with van der Waals surface area (Å²) in [6.45, 7) is 5.67. The predicted molar refractivity (Wildman–Crippen MR) is 120 cm³/mol. The van der Waals surface area contributed by atoms with Crippen LogP contribution in [0.4, 0.5) is 0 Å². The summed E-state index contributed by atoms with van der Waals surface area (Å²) in [6.07, 6.45) is 0.752. The third-order valence-electron chi connectivity index (χ3n) is 5.43. The molecule has 1 aliphatic heterocycles. The number of Topliss-reactive ketones (excluding diaryl/α,β-unsaturated/α-hetero) is 1. The molecular weight excluding hydrogens is 392 g/mol. The Morgan fingerprint density at radius 1 is 1.13 bits per heavy atom. The number of aryl methyl sites for hydroxylation is 1. The van der Waals surface area contributed by atoms with Crippen molar-refractivity contribution in [2.24, 2.45) is 0 Å². The van der Waals surface area contributed by atoms with Gasteiger partial charge in [0.2, 0.25) is 0 Å². The molecule has 6 heteroatoms. The molecule has 1 aliphatic rings. The van der Waals surface area contributed by atoms with Crippen LogP contribution in [0.25, 0.3) is 5.76 Å². The third-order valence-corrected chi connectivity index (χ3v) is 5.43. The quantitative estimate of drug-likeness (QED) is 0.389. The van der Waals surface area contributed by atoms with Gasteiger partial charge in [-0.25, -0.2) is 0 Å². The van der Waals surface area contributed by atoms with Gasteiger partial charge in [0, 0.05) is 18.5 Å². The summed E-state index contributed by atoms with van der Waals surface area (Å²) in [5.41, 5.74) is 2.44. The summed E-state index contributed by atoms with van der Waals surface area (Å²) >= 11 is 0. The van der Waals surface area contributed by atoms with E-state index in [9.17, 15) is 14.7 Å². The van der Waals surface area contributed by atoms with Crippen molar-refractivity contribution < 1.29 is 24.3 Å². The number of carbonyl (C=O) groups excluding carboxylic acids is 2. The highest BCUT2D eigenvalue weighted by Crippen LogP contribution is 2.40. The normalized spacial score (nSPS) is 18.1. The fourth-order valence-corrected chi connectivity index (χ4v) is 3.87. The maximum atomic E-state index is 13.0. The van der Waals surface area contributed by atoms with E-state index < -0.39 is 17.7 Å². The van der Waals surface area contributed by atoms with Gasteiger partial charge in [0.05, 0.1) is 38.9 Å². The van der Waals surface area contributed by atoms with Crippen LogP contribution in [0.3, 0.4) is 0 Å². The summed E-state index contributed by atoms with van der Waals surface area (Å²) in [5.74, 6) is -0.708. The molecule has 0 aromatic heterocycles. The van der Waals surface area contributed by atoms with Crippen LogP contribution in [0.5, 0.6) is 5.75 Å². The number of likely N-dealkylation sites (tertiary alicyclic amines) is 1. The average Bonchev–Trinajstić information content (AvgIpc) is 2.99. The van der Waals surface area contributed by atoms with E-state index in [1.807, 2.05) is 50.2 Å². The minimum atomic E-state index is -0.654. The Morgan fingerprint density at radius 2 is 1.84 bits per heavy atom. The number of aliphatic hydroxyl groups is 1. The molecule has 0 unspecified atom stereocenters. The molecule has 0 bridgehead atoms. The van der Waals surface area contributed by atoms with Crippen molar-refractivity contribution in [3.8, 4) is 5.75 Å². The van der Waals surface area contributed by atoms with E-state index >= 15 is 0 Å². The predicted octanol–water partition coefficient (Wildman–Crippen LogP) is 2.35. The van der Waals surface area contributed by atoms with E-state index in [1.54, 1.807) is 17.0 Å². The van der Waals surface area contributed by atoms with Gasteiger partial charge in [-0.1, -0.05) is 42.0 Å². The second kappa shape index (κ2) is 9.79. The molecule has 3 rings (SSSR count). The van der Waals surface area contributed by atoms with Gasteiger partial charge in [-0.15, -0.1) is 0 Å². The van der Waals surface area contributed by atoms with Gasteiger partial charge in [-0.05, 0) is 31.5 Å². The monoisotopic (exact) mass is 423 g/mol. The topological polar surface area (TPSA) is 71.3 Å². The highest BCUT2D eigenvalue weighted by molar-refractivity contribution is 6.46. The number of amides is 1. The highest BCUT2D eigenvalue weighted by atomic mass is 16.5. The number of nitrogens with one attached hydrogen (secondary N) is 1. The number of aliphatic hydroxyl groups excluding tert-OH is 1. The number of ketones is 1. The lowest BCUT2D eigenvalue weighted by atomic mass is 9.95. The van der Waals surface area contributed by atoms with Gasteiger partial charge < -0.3 is 19.6 Å². The fourth-order valence-electron chi connectivity index (χ4n) is 3.87. The smallest absolute Gasteiger partial charge is 0.295 e. The minimum absolute atomic E-state index is 0.125. The lowest BCUT2D eigenvalue weighted by Crippen LogP contribution is -3.05. The maximum Gasteiger partial charge on any atom is 0.295 e. The molecule has 164 valence electrons. The molecule has 0 aliphatic carbocycles.